The van der Waals surface area contributed by atoms with E-state index in [1.807, 2.05) is 13.8 Å². The van der Waals surface area contributed by atoms with Crippen LogP contribution in [0.15, 0.2) is 0 Å². The molecule has 1 aliphatic heterocycles. The lowest BCUT2D eigenvalue weighted by molar-refractivity contribution is -0.150. The van der Waals surface area contributed by atoms with Crippen LogP contribution in [0.1, 0.15) is 40.5 Å². The highest BCUT2D eigenvalue weighted by Gasteiger charge is 2.29. The van der Waals surface area contributed by atoms with Crippen LogP contribution < -0.4 is 0 Å². The minimum absolute atomic E-state index is 0.0528. The monoisotopic (exact) mass is 215 g/mol. The second-order valence-corrected chi connectivity index (χ2v) is 4.31. The van der Waals surface area contributed by atoms with Crippen LogP contribution in [0.2, 0.25) is 0 Å². The summed E-state index contributed by atoms with van der Waals surface area (Å²) >= 11 is 0. The van der Waals surface area contributed by atoms with Crippen molar-refractivity contribution in [3.8, 4) is 0 Å². The quantitative estimate of drug-likeness (QED) is 0.634. The van der Waals surface area contributed by atoms with Crippen LogP contribution in [0.3, 0.4) is 0 Å². The van der Waals surface area contributed by atoms with Crippen LogP contribution in [-0.4, -0.2) is 43.0 Å². The molecule has 1 saturated heterocycles. The zero-order valence-corrected chi connectivity index (χ0v) is 10.5. The van der Waals surface area contributed by atoms with E-state index in [1.54, 1.807) is 0 Å². The Morgan fingerprint density at radius 2 is 1.53 bits per heavy atom. The van der Waals surface area contributed by atoms with Crippen molar-refractivity contribution in [3.05, 3.63) is 0 Å². The van der Waals surface area contributed by atoms with E-state index in [0.29, 0.717) is 12.1 Å². The minimum atomic E-state index is -0.0528. The molecule has 3 nitrogen and oxygen atoms in total. The first-order valence-corrected chi connectivity index (χ1v) is 6.18. The van der Waals surface area contributed by atoms with Gasteiger partial charge in [-0.25, -0.2) is 0 Å². The van der Waals surface area contributed by atoms with Crippen molar-refractivity contribution in [2.45, 2.75) is 58.9 Å². The molecular weight excluding hydrogens is 190 g/mol. The summed E-state index contributed by atoms with van der Waals surface area (Å²) in [5.74, 6) is 0. The fourth-order valence-corrected chi connectivity index (χ4v) is 2.31. The van der Waals surface area contributed by atoms with Gasteiger partial charge in [0, 0.05) is 25.3 Å². The molecule has 90 valence electrons. The maximum atomic E-state index is 5.58. The molecule has 0 spiro atoms. The molecule has 1 heterocycles. The Bertz CT molecular complexity index is 159. The Morgan fingerprint density at radius 3 is 1.93 bits per heavy atom. The predicted octanol–water partition coefficient (Wildman–Crippen LogP) is 2.26. The summed E-state index contributed by atoms with van der Waals surface area (Å²) in [5.41, 5.74) is 0. The van der Waals surface area contributed by atoms with Gasteiger partial charge in [0.25, 0.3) is 0 Å². The predicted molar refractivity (Wildman–Crippen MR) is 61.9 cm³/mol. The topological polar surface area (TPSA) is 21.7 Å². The third kappa shape index (κ3) is 3.74. The number of nitrogens with zero attached hydrogens (tertiary/aromatic N) is 1. The van der Waals surface area contributed by atoms with Crippen molar-refractivity contribution in [3.63, 3.8) is 0 Å². The van der Waals surface area contributed by atoms with Crippen LogP contribution >= 0.6 is 0 Å². The third-order valence-corrected chi connectivity index (χ3v) is 3.20. The van der Waals surface area contributed by atoms with E-state index in [9.17, 15) is 0 Å². The summed E-state index contributed by atoms with van der Waals surface area (Å²) in [7, 11) is 0. The minimum Gasteiger partial charge on any atom is -0.352 e. The van der Waals surface area contributed by atoms with Crippen LogP contribution in [0, 0.1) is 0 Å². The van der Waals surface area contributed by atoms with Crippen LogP contribution in [0.25, 0.3) is 0 Å². The molecule has 15 heavy (non-hydrogen) atoms. The molecule has 0 bridgehead atoms. The lowest BCUT2D eigenvalue weighted by Crippen LogP contribution is -2.41. The standard InChI is InChI=1S/C12H25NO2/c1-5-14-12(15-6-2)9-13-10(3)7-8-11(13)4/h10-12H,5-9H2,1-4H3. The second kappa shape index (κ2) is 6.46. The molecule has 0 saturated carbocycles. The summed E-state index contributed by atoms with van der Waals surface area (Å²) in [5, 5.41) is 0. The van der Waals surface area contributed by atoms with Crippen molar-refractivity contribution in [1.82, 2.24) is 4.90 Å². The molecule has 0 aliphatic carbocycles. The van der Waals surface area contributed by atoms with Crippen molar-refractivity contribution in [2.24, 2.45) is 0 Å². The van der Waals surface area contributed by atoms with Crippen molar-refractivity contribution in [2.75, 3.05) is 19.8 Å². The van der Waals surface area contributed by atoms with Gasteiger partial charge in [-0.05, 0) is 40.5 Å². The molecule has 0 amide bonds. The van der Waals surface area contributed by atoms with Gasteiger partial charge in [0.2, 0.25) is 0 Å². The van der Waals surface area contributed by atoms with Crippen molar-refractivity contribution < 1.29 is 9.47 Å². The van der Waals surface area contributed by atoms with Gasteiger partial charge < -0.3 is 9.47 Å². The zero-order valence-electron chi connectivity index (χ0n) is 10.5. The van der Waals surface area contributed by atoms with Gasteiger partial charge in [-0.15, -0.1) is 0 Å². The highest BCUT2D eigenvalue weighted by Crippen LogP contribution is 2.23. The maximum Gasteiger partial charge on any atom is 0.170 e. The highest BCUT2D eigenvalue weighted by atomic mass is 16.7. The number of rotatable bonds is 6. The van der Waals surface area contributed by atoms with Gasteiger partial charge in [0.1, 0.15) is 0 Å². The maximum absolute atomic E-state index is 5.58. The smallest absolute Gasteiger partial charge is 0.170 e. The van der Waals surface area contributed by atoms with Crippen molar-refractivity contribution in [1.29, 1.82) is 0 Å². The molecule has 0 aromatic heterocycles. The molecular formula is C12H25NO2. The molecule has 3 heteroatoms. The molecule has 0 aromatic carbocycles. The first kappa shape index (κ1) is 12.9. The Kier molecular flexibility index (Phi) is 5.58. The molecule has 0 radical (unpaired) electrons. The Hall–Kier alpha value is -0.120. The Morgan fingerprint density at radius 1 is 1.07 bits per heavy atom. The lowest BCUT2D eigenvalue weighted by atomic mass is 10.2. The lowest BCUT2D eigenvalue weighted by Gasteiger charge is -2.30. The van der Waals surface area contributed by atoms with E-state index in [4.69, 9.17) is 9.47 Å². The van der Waals surface area contributed by atoms with Gasteiger partial charge in [-0.1, -0.05) is 0 Å². The van der Waals surface area contributed by atoms with Gasteiger partial charge in [0.05, 0.1) is 6.54 Å². The number of hydrogen-bond donors (Lipinski definition) is 0. The average Bonchev–Trinajstić information content (AvgIpc) is 2.50. The largest absolute Gasteiger partial charge is 0.352 e. The number of likely N-dealkylation sites (tertiary alicyclic amines) is 1. The van der Waals surface area contributed by atoms with E-state index >= 15 is 0 Å². The van der Waals surface area contributed by atoms with E-state index in [1.165, 1.54) is 12.8 Å². The molecule has 1 fully saturated rings. The van der Waals surface area contributed by atoms with Crippen molar-refractivity contribution >= 4 is 0 Å². The highest BCUT2D eigenvalue weighted by molar-refractivity contribution is 4.82. The molecule has 2 atom stereocenters. The second-order valence-electron chi connectivity index (χ2n) is 4.31. The summed E-state index contributed by atoms with van der Waals surface area (Å²) in [6.07, 6.45) is 2.54. The zero-order chi connectivity index (χ0) is 11.3. The van der Waals surface area contributed by atoms with E-state index in [2.05, 4.69) is 18.7 Å². The van der Waals surface area contributed by atoms with E-state index in [-0.39, 0.29) is 6.29 Å². The number of ether oxygens (including phenoxy) is 2. The summed E-state index contributed by atoms with van der Waals surface area (Å²) in [6, 6.07) is 1.34. The van der Waals surface area contributed by atoms with Gasteiger partial charge >= 0.3 is 0 Å². The Balaban J connectivity index is 2.41. The number of hydrogen-bond acceptors (Lipinski definition) is 3. The molecule has 0 aromatic rings. The molecule has 0 N–H and O–H groups in total. The van der Waals surface area contributed by atoms with Gasteiger partial charge in [0.15, 0.2) is 6.29 Å². The molecule has 2 unspecified atom stereocenters. The summed E-state index contributed by atoms with van der Waals surface area (Å²) < 4.78 is 11.2. The SMILES string of the molecule is CCOC(CN1C(C)CCC1C)OCC. The summed E-state index contributed by atoms with van der Waals surface area (Å²) in [4.78, 5) is 2.50. The Labute approximate surface area is 93.7 Å². The normalized spacial score (nSPS) is 27.8. The van der Waals surface area contributed by atoms with Gasteiger partial charge in [-0.3, -0.25) is 4.90 Å². The molecule has 1 aliphatic rings. The molecule has 1 rings (SSSR count). The van der Waals surface area contributed by atoms with E-state index in [0.717, 1.165) is 19.8 Å². The fourth-order valence-electron chi connectivity index (χ4n) is 2.31. The average molecular weight is 215 g/mol. The van der Waals surface area contributed by atoms with Crippen LogP contribution in [0.4, 0.5) is 0 Å². The van der Waals surface area contributed by atoms with E-state index < -0.39 is 0 Å². The first-order valence-electron chi connectivity index (χ1n) is 6.18. The van der Waals surface area contributed by atoms with Crippen LogP contribution in [0.5, 0.6) is 0 Å². The fraction of sp³-hybridized carbons (Fsp3) is 1.00. The first-order chi connectivity index (χ1) is 7.19. The third-order valence-electron chi connectivity index (χ3n) is 3.20. The van der Waals surface area contributed by atoms with Gasteiger partial charge in [-0.2, -0.15) is 0 Å². The summed E-state index contributed by atoms with van der Waals surface area (Å²) in [6.45, 7) is 11.0. The van der Waals surface area contributed by atoms with Crippen LogP contribution in [-0.2, 0) is 9.47 Å².